The normalized spacial score (nSPS) is 10.8. The molecule has 0 aliphatic carbocycles. The number of aryl methyl sites for hydroxylation is 1. The summed E-state index contributed by atoms with van der Waals surface area (Å²) in [5.74, 6) is -1.67. The van der Waals surface area contributed by atoms with Crippen LogP contribution in [0.15, 0.2) is 23.4 Å². The molecule has 0 saturated heterocycles. The number of benzene rings is 1. The number of aromatic hydroxyl groups is 1. The zero-order chi connectivity index (χ0) is 18.7. The van der Waals surface area contributed by atoms with Gasteiger partial charge in [0.05, 0.1) is 16.1 Å². The van der Waals surface area contributed by atoms with E-state index in [1.807, 2.05) is 5.43 Å². The van der Waals surface area contributed by atoms with Gasteiger partial charge in [0, 0.05) is 23.7 Å². The minimum absolute atomic E-state index is 0.0300. The molecule has 0 aliphatic heterocycles. The van der Waals surface area contributed by atoms with Gasteiger partial charge in [-0.3, -0.25) is 29.7 Å². The lowest BCUT2D eigenvalue weighted by molar-refractivity contribution is -0.385. The quantitative estimate of drug-likeness (QED) is 0.456. The lowest BCUT2D eigenvalue weighted by Gasteiger charge is -2.01. The van der Waals surface area contributed by atoms with E-state index in [0.29, 0.717) is 0 Å². The Hall–Kier alpha value is -3.54. The summed E-state index contributed by atoms with van der Waals surface area (Å²) in [5, 5.41) is 38.5. The van der Waals surface area contributed by atoms with Crippen LogP contribution in [0.5, 0.6) is 5.75 Å². The third-order valence-corrected chi connectivity index (χ3v) is 3.09. The second-order valence-electron chi connectivity index (χ2n) is 4.61. The van der Waals surface area contributed by atoms with E-state index in [0.717, 1.165) is 23.2 Å². The van der Waals surface area contributed by atoms with Gasteiger partial charge in [-0.1, -0.05) is 11.6 Å². The maximum Gasteiger partial charge on any atom is 0.320 e. The van der Waals surface area contributed by atoms with Gasteiger partial charge in [0.2, 0.25) is 11.4 Å². The van der Waals surface area contributed by atoms with Gasteiger partial charge in [0.25, 0.3) is 5.91 Å². The predicted molar refractivity (Wildman–Crippen MR) is 84.7 cm³/mol. The number of nitro groups is 2. The summed E-state index contributed by atoms with van der Waals surface area (Å²) in [6, 6.07) is 2.13. The van der Waals surface area contributed by atoms with Crippen LogP contribution in [-0.2, 0) is 7.05 Å². The standard InChI is InChI=1S/C12H9ClN6O6/c1-17-5-9(19(24)25)10(16-17)12(21)15-14-4-6-2-7(13)3-8(11(6)20)18(22)23/h2-5,20H,1H3,(H,15,21)/b14-4+. The third kappa shape index (κ3) is 3.87. The number of aromatic nitrogens is 2. The third-order valence-electron chi connectivity index (χ3n) is 2.87. The number of halogens is 1. The zero-order valence-corrected chi connectivity index (χ0v) is 13.2. The van der Waals surface area contributed by atoms with Crippen molar-refractivity contribution in [3.63, 3.8) is 0 Å². The van der Waals surface area contributed by atoms with Crippen molar-refractivity contribution in [2.45, 2.75) is 0 Å². The van der Waals surface area contributed by atoms with Crippen LogP contribution in [-0.4, -0.2) is 36.9 Å². The summed E-state index contributed by atoms with van der Waals surface area (Å²) in [6.07, 6.45) is 1.95. The molecule has 1 aromatic carbocycles. The Kier molecular flexibility index (Phi) is 4.93. The van der Waals surface area contributed by atoms with E-state index in [2.05, 4.69) is 10.2 Å². The van der Waals surface area contributed by atoms with Gasteiger partial charge in [-0.25, -0.2) is 5.43 Å². The van der Waals surface area contributed by atoms with Gasteiger partial charge in [-0.15, -0.1) is 0 Å². The number of hydrazone groups is 1. The minimum Gasteiger partial charge on any atom is -0.502 e. The van der Waals surface area contributed by atoms with Crippen LogP contribution in [0.3, 0.4) is 0 Å². The monoisotopic (exact) mass is 368 g/mol. The Morgan fingerprint density at radius 3 is 2.60 bits per heavy atom. The Balaban J connectivity index is 2.23. The summed E-state index contributed by atoms with van der Waals surface area (Å²) >= 11 is 5.71. The van der Waals surface area contributed by atoms with E-state index < -0.39 is 38.6 Å². The first-order valence-electron chi connectivity index (χ1n) is 6.39. The number of rotatable bonds is 5. The second-order valence-corrected chi connectivity index (χ2v) is 5.05. The van der Waals surface area contributed by atoms with E-state index >= 15 is 0 Å². The molecule has 0 unspecified atom stereocenters. The summed E-state index contributed by atoms with van der Waals surface area (Å²) in [5.41, 5.74) is 0.226. The van der Waals surface area contributed by atoms with Crippen molar-refractivity contribution in [1.29, 1.82) is 0 Å². The highest BCUT2D eigenvalue weighted by atomic mass is 35.5. The molecule has 25 heavy (non-hydrogen) atoms. The van der Waals surface area contributed by atoms with Crippen LogP contribution in [0.25, 0.3) is 0 Å². The predicted octanol–water partition coefficient (Wildman–Crippen LogP) is 1.36. The summed E-state index contributed by atoms with van der Waals surface area (Å²) in [6.45, 7) is 0. The number of nitro benzene ring substituents is 1. The van der Waals surface area contributed by atoms with E-state index in [1.165, 1.54) is 13.1 Å². The lowest BCUT2D eigenvalue weighted by Crippen LogP contribution is -2.19. The molecule has 0 atom stereocenters. The number of nitrogens with one attached hydrogen (secondary N) is 1. The molecular weight excluding hydrogens is 360 g/mol. The van der Waals surface area contributed by atoms with Gasteiger partial charge >= 0.3 is 11.4 Å². The molecule has 0 aliphatic rings. The first kappa shape index (κ1) is 17.8. The molecule has 1 aromatic heterocycles. The average molecular weight is 369 g/mol. The Morgan fingerprint density at radius 1 is 1.36 bits per heavy atom. The van der Waals surface area contributed by atoms with Crippen LogP contribution in [0, 0.1) is 20.2 Å². The van der Waals surface area contributed by atoms with E-state index in [9.17, 15) is 30.1 Å². The number of nitrogens with zero attached hydrogens (tertiary/aromatic N) is 5. The molecule has 12 nitrogen and oxygen atoms in total. The molecule has 0 bridgehead atoms. The number of phenols is 1. The summed E-state index contributed by atoms with van der Waals surface area (Å²) in [4.78, 5) is 31.9. The molecular formula is C12H9ClN6O6. The first-order valence-corrected chi connectivity index (χ1v) is 6.77. The summed E-state index contributed by atoms with van der Waals surface area (Å²) in [7, 11) is 1.40. The Morgan fingerprint density at radius 2 is 2.00 bits per heavy atom. The highest BCUT2D eigenvalue weighted by molar-refractivity contribution is 6.31. The number of carbonyl (C=O) groups is 1. The van der Waals surface area contributed by atoms with Crippen molar-refractivity contribution < 1.29 is 19.7 Å². The minimum atomic E-state index is -0.973. The van der Waals surface area contributed by atoms with Gasteiger partial charge in [0.1, 0.15) is 6.20 Å². The van der Waals surface area contributed by atoms with Crippen molar-refractivity contribution in [3.05, 3.63) is 54.8 Å². The number of carbonyl (C=O) groups excluding carboxylic acids is 1. The maximum absolute atomic E-state index is 11.9. The average Bonchev–Trinajstić information content (AvgIpc) is 2.92. The van der Waals surface area contributed by atoms with Gasteiger partial charge in [-0.05, 0) is 6.07 Å². The van der Waals surface area contributed by atoms with Gasteiger partial charge in [-0.2, -0.15) is 10.2 Å². The fourth-order valence-corrected chi connectivity index (χ4v) is 2.05. The number of amides is 1. The molecule has 0 saturated carbocycles. The number of hydrogen-bond acceptors (Lipinski definition) is 8. The maximum atomic E-state index is 11.9. The van der Waals surface area contributed by atoms with Crippen molar-refractivity contribution in [2.75, 3.05) is 0 Å². The smallest absolute Gasteiger partial charge is 0.320 e. The molecule has 1 heterocycles. The lowest BCUT2D eigenvalue weighted by atomic mass is 10.2. The van der Waals surface area contributed by atoms with Gasteiger partial charge in [0.15, 0.2) is 0 Å². The van der Waals surface area contributed by atoms with Gasteiger partial charge < -0.3 is 5.11 Å². The second kappa shape index (κ2) is 6.92. The van der Waals surface area contributed by atoms with Crippen molar-refractivity contribution >= 4 is 35.1 Å². The molecule has 1 amide bonds. The molecule has 0 fully saturated rings. The molecule has 0 spiro atoms. The first-order chi connectivity index (χ1) is 11.7. The molecule has 13 heteroatoms. The molecule has 2 N–H and O–H groups in total. The highest BCUT2D eigenvalue weighted by Crippen LogP contribution is 2.32. The van der Waals surface area contributed by atoms with Crippen molar-refractivity contribution in [2.24, 2.45) is 12.1 Å². The van der Waals surface area contributed by atoms with Crippen molar-refractivity contribution in [3.8, 4) is 5.75 Å². The molecule has 130 valence electrons. The summed E-state index contributed by atoms with van der Waals surface area (Å²) < 4.78 is 1.09. The zero-order valence-electron chi connectivity index (χ0n) is 12.4. The SMILES string of the molecule is Cn1cc([N+](=O)[O-])c(C(=O)N/N=C/c2cc(Cl)cc([N+](=O)[O-])c2O)n1. The van der Waals surface area contributed by atoms with E-state index in [4.69, 9.17) is 11.6 Å². The molecule has 2 rings (SSSR count). The van der Waals surface area contributed by atoms with Crippen LogP contribution in [0.4, 0.5) is 11.4 Å². The fourth-order valence-electron chi connectivity index (χ4n) is 1.83. The van der Waals surface area contributed by atoms with E-state index in [-0.39, 0.29) is 10.6 Å². The number of hydrogen-bond donors (Lipinski definition) is 2. The van der Waals surface area contributed by atoms with E-state index in [1.54, 1.807) is 0 Å². The largest absolute Gasteiger partial charge is 0.502 e. The Labute approximate surface area is 143 Å². The van der Waals surface area contributed by atoms with Crippen LogP contribution in [0.1, 0.15) is 16.1 Å². The molecule has 2 aromatic rings. The fraction of sp³-hybridized carbons (Fsp3) is 0.0833. The van der Waals surface area contributed by atoms with Crippen LogP contribution >= 0.6 is 11.6 Å². The molecule has 0 radical (unpaired) electrons. The highest BCUT2D eigenvalue weighted by Gasteiger charge is 2.24. The van der Waals surface area contributed by atoms with Crippen molar-refractivity contribution in [1.82, 2.24) is 15.2 Å². The Bertz CT molecular complexity index is 908. The van der Waals surface area contributed by atoms with Crippen LogP contribution < -0.4 is 5.43 Å². The van der Waals surface area contributed by atoms with Crippen LogP contribution in [0.2, 0.25) is 5.02 Å². The topological polar surface area (TPSA) is 166 Å². The number of phenolic OH excluding ortho intramolecular Hbond substituents is 1.